The third-order valence-corrected chi connectivity index (χ3v) is 0.846. The van der Waals surface area contributed by atoms with Crippen molar-refractivity contribution in [3.8, 4) is 0 Å². The van der Waals surface area contributed by atoms with E-state index in [1.807, 2.05) is 0 Å². The molecule has 0 aromatic heterocycles. The van der Waals surface area contributed by atoms with Gasteiger partial charge in [0.05, 0.1) is 13.2 Å². The summed E-state index contributed by atoms with van der Waals surface area (Å²) in [5.74, 6) is 0. The van der Waals surface area contributed by atoms with Crippen LogP contribution in [-0.2, 0) is 9.30 Å². The van der Waals surface area contributed by atoms with Gasteiger partial charge in [0.1, 0.15) is 0 Å². The third kappa shape index (κ3) is 17.8. The molecule has 1 aliphatic heterocycles. The Balaban J connectivity index is 0.000000187. The van der Waals surface area contributed by atoms with Crippen molar-refractivity contribution in [2.24, 2.45) is 0 Å². The van der Waals surface area contributed by atoms with Crippen molar-refractivity contribution in [2.45, 2.75) is 0 Å². The molecule has 7 heteroatoms. The van der Waals surface area contributed by atoms with Gasteiger partial charge in [-0.05, 0) is 0 Å². The molecule has 1 heterocycles. The summed E-state index contributed by atoms with van der Waals surface area (Å²) in [4.78, 5) is 21.6. The average Bonchev–Trinajstić information content (AvgIpc) is 1.88. The lowest BCUT2D eigenvalue weighted by Gasteiger charge is -2.10. The highest BCUT2D eigenvalue weighted by molar-refractivity contribution is 7.45. The van der Waals surface area contributed by atoms with E-state index in [1.165, 1.54) is 0 Å². The van der Waals surface area contributed by atoms with E-state index in [2.05, 4.69) is 5.32 Å². The second-order valence-electron chi connectivity index (χ2n) is 1.88. The molecule has 0 radical (unpaired) electrons. The zero-order valence-corrected chi connectivity index (χ0v) is 6.83. The van der Waals surface area contributed by atoms with E-state index in [-0.39, 0.29) is 0 Å². The van der Waals surface area contributed by atoms with Gasteiger partial charge in [0, 0.05) is 13.1 Å². The molecule has 0 aromatic carbocycles. The highest BCUT2D eigenvalue weighted by atomic mass is 31.2. The molecule has 0 spiro atoms. The van der Waals surface area contributed by atoms with Crippen LogP contribution in [-0.4, -0.2) is 41.0 Å². The molecule has 1 aliphatic rings. The van der Waals surface area contributed by atoms with Crippen LogP contribution in [0.4, 0.5) is 0 Å². The maximum absolute atomic E-state index is 8.88. The molecule has 1 saturated heterocycles. The number of phosphoric acid groups is 1. The standard InChI is InChI=1S/C4H9NO.H3O4P/c1-3-6-4-2-5-1;1-5(2,3)4/h5H,1-4H2;(H3,1,2,3,4). The van der Waals surface area contributed by atoms with Crippen LogP contribution < -0.4 is 5.32 Å². The zero-order valence-electron chi connectivity index (χ0n) is 5.93. The lowest BCUT2D eigenvalue weighted by atomic mass is 10.5. The van der Waals surface area contributed by atoms with Crippen LogP contribution in [0.1, 0.15) is 0 Å². The average molecular weight is 185 g/mol. The Morgan fingerprint density at radius 3 is 1.64 bits per heavy atom. The molecule has 0 bridgehead atoms. The highest BCUT2D eigenvalue weighted by Gasteiger charge is 2.00. The minimum Gasteiger partial charge on any atom is -0.379 e. The van der Waals surface area contributed by atoms with Gasteiger partial charge >= 0.3 is 7.82 Å². The van der Waals surface area contributed by atoms with Crippen LogP contribution in [0.2, 0.25) is 0 Å². The summed E-state index contributed by atoms with van der Waals surface area (Å²) < 4.78 is 13.9. The van der Waals surface area contributed by atoms with Crippen LogP contribution in [0.5, 0.6) is 0 Å². The normalized spacial score (nSPS) is 18.5. The van der Waals surface area contributed by atoms with Crippen molar-refractivity contribution < 1.29 is 24.0 Å². The Morgan fingerprint density at radius 2 is 1.55 bits per heavy atom. The SMILES string of the molecule is C1COCCN1.O=P(O)(O)O. The van der Waals surface area contributed by atoms with Crippen molar-refractivity contribution in [1.82, 2.24) is 5.32 Å². The minimum absolute atomic E-state index is 0.889. The van der Waals surface area contributed by atoms with Crippen molar-refractivity contribution in [2.75, 3.05) is 26.3 Å². The molecular formula is C4H12NO5P. The highest BCUT2D eigenvalue weighted by Crippen LogP contribution is 2.25. The maximum Gasteiger partial charge on any atom is 0.466 e. The summed E-state index contributed by atoms with van der Waals surface area (Å²) in [6.45, 7) is 3.83. The first kappa shape index (κ1) is 11.0. The van der Waals surface area contributed by atoms with E-state index >= 15 is 0 Å². The molecule has 0 amide bonds. The second kappa shape index (κ2) is 5.65. The van der Waals surface area contributed by atoms with Gasteiger partial charge in [0.25, 0.3) is 0 Å². The molecule has 1 fully saturated rings. The first-order chi connectivity index (χ1) is 5.00. The molecule has 0 aromatic rings. The lowest BCUT2D eigenvalue weighted by molar-refractivity contribution is 0.109. The molecule has 0 atom stereocenters. The summed E-state index contributed by atoms with van der Waals surface area (Å²) in [6.07, 6.45) is 0. The number of ether oxygens (including phenoxy) is 1. The number of hydrogen-bond acceptors (Lipinski definition) is 3. The monoisotopic (exact) mass is 185 g/mol. The molecule has 68 valence electrons. The molecule has 6 nitrogen and oxygen atoms in total. The summed E-state index contributed by atoms with van der Waals surface area (Å²) in [7, 11) is -4.64. The number of hydrogen-bond donors (Lipinski definition) is 4. The van der Waals surface area contributed by atoms with Gasteiger partial charge in [-0.3, -0.25) is 0 Å². The quantitative estimate of drug-likeness (QED) is 0.349. The van der Waals surface area contributed by atoms with E-state index < -0.39 is 7.82 Å². The van der Waals surface area contributed by atoms with Gasteiger partial charge in [-0.2, -0.15) is 0 Å². The van der Waals surface area contributed by atoms with Crippen LogP contribution in [0.3, 0.4) is 0 Å². The van der Waals surface area contributed by atoms with Gasteiger partial charge in [-0.1, -0.05) is 0 Å². The Labute approximate surface area is 64.4 Å². The smallest absolute Gasteiger partial charge is 0.379 e. The zero-order chi connectivity index (χ0) is 8.74. The van der Waals surface area contributed by atoms with Gasteiger partial charge in [-0.25, -0.2) is 4.57 Å². The maximum atomic E-state index is 8.88. The fourth-order valence-electron chi connectivity index (χ4n) is 0.516. The summed E-state index contributed by atoms with van der Waals surface area (Å²) in [5, 5.41) is 3.16. The Kier molecular flexibility index (Phi) is 5.67. The number of rotatable bonds is 0. The number of nitrogens with one attached hydrogen (secondary N) is 1. The molecular weight excluding hydrogens is 173 g/mol. The van der Waals surface area contributed by atoms with Gasteiger partial charge in [-0.15, -0.1) is 0 Å². The second-order valence-corrected chi connectivity index (χ2v) is 2.90. The molecule has 0 aliphatic carbocycles. The molecule has 4 N–H and O–H groups in total. The van der Waals surface area contributed by atoms with Crippen LogP contribution in [0.15, 0.2) is 0 Å². The van der Waals surface area contributed by atoms with Crippen LogP contribution >= 0.6 is 7.82 Å². The van der Waals surface area contributed by atoms with Crippen LogP contribution in [0, 0.1) is 0 Å². The fraction of sp³-hybridized carbons (Fsp3) is 1.00. The van der Waals surface area contributed by atoms with Gasteiger partial charge in [0.15, 0.2) is 0 Å². The first-order valence-electron chi connectivity index (χ1n) is 3.07. The van der Waals surface area contributed by atoms with Crippen molar-refractivity contribution >= 4 is 7.82 Å². The largest absolute Gasteiger partial charge is 0.466 e. The summed E-state index contributed by atoms with van der Waals surface area (Å²) in [5.41, 5.74) is 0. The van der Waals surface area contributed by atoms with Crippen LogP contribution in [0.25, 0.3) is 0 Å². The molecule has 0 unspecified atom stereocenters. The molecule has 0 saturated carbocycles. The first-order valence-corrected chi connectivity index (χ1v) is 4.63. The minimum atomic E-state index is -4.64. The van der Waals surface area contributed by atoms with Gasteiger partial charge < -0.3 is 24.7 Å². The predicted octanol–water partition coefficient (Wildman–Crippen LogP) is -1.32. The summed E-state index contributed by atoms with van der Waals surface area (Å²) >= 11 is 0. The van der Waals surface area contributed by atoms with E-state index in [0.29, 0.717) is 0 Å². The Morgan fingerprint density at radius 1 is 1.18 bits per heavy atom. The topological polar surface area (TPSA) is 99.0 Å². The Bertz CT molecular complexity index is 111. The molecule has 1 rings (SSSR count). The predicted molar refractivity (Wildman–Crippen MR) is 38.0 cm³/mol. The van der Waals surface area contributed by atoms with Crippen molar-refractivity contribution in [1.29, 1.82) is 0 Å². The van der Waals surface area contributed by atoms with Gasteiger partial charge in [0.2, 0.25) is 0 Å². The van der Waals surface area contributed by atoms with E-state index in [0.717, 1.165) is 26.3 Å². The lowest BCUT2D eigenvalue weighted by Crippen LogP contribution is -2.30. The number of morpholine rings is 1. The van der Waals surface area contributed by atoms with E-state index in [9.17, 15) is 0 Å². The van der Waals surface area contributed by atoms with E-state index in [1.54, 1.807) is 0 Å². The van der Waals surface area contributed by atoms with E-state index in [4.69, 9.17) is 24.0 Å². The Hall–Kier alpha value is 0.0300. The van der Waals surface area contributed by atoms with Crippen molar-refractivity contribution in [3.05, 3.63) is 0 Å². The third-order valence-electron chi connectivity index (χ3n) is 0.846. The summed E-state index contributed by atoms with van der Waals surface area (Å²) in [6, 6.07) is 0. The molecule has 11 heavy (non-hydrogen) atoms. The van der Waals surface area contributed by atoms with Crippen molar-refractivity contribution in [3.63, 3.8) is 0 Å². The fourth-order valence-corrected chi connectivity index (χ4v) is 0.516.